The van der Waals surface area contributed by atoms with E-state index in [9.17, 15) is 0 Å². The Morgan fingerprint density at radius 2 is 1.76 bits per heavy atom. The molecule has 1 aromatic rings. The van der Waals surface area contributed by atoms with Gasteiger partial charge in [-0.15, -0.1) is 0 Å². The van der Waals surface area contributed by atoms with Crippen LogP contribution in [0.1, 0.15) is 37.7 Å². The first-order valence-corrected chi connectivity index (χ1v) is 9.59. The number of aliphatic imine (C=N–C) groups is 1. The Morgan fingerprint density at radius 1 is 1.00 bits per heavy atom. The zero-order valence-electron chi connectivity index (χ0n) is 11.9. The van der Waals surface area contributed by atoms with E-state index in [1.165, 1.54) is 53.7 Å². The molecule has 0 N–H and O–H groups in total. The molecule has 3 aliphatic heterocycles. The summed E-state index contributed by atoms with van der Waals surface area (Å²) in [7, 11) is 0. The molecule has 3 heterocycles. The van der Waals surface area contributed by atoms with Crippen molar-refractivity contribution in [2.45, 2.75) is 44.7 Å². The average molecular weight is 410 g/mol. The van der Waals surface area contributed by atoms with Crippen LogP contribution in [0.15, 0.2) is 26.1 Å². The molecule has 6 rings (SSSR count). The lowest BCUT2D eigenvalue weighted by Gasteiger charge is -2.39. The summed E-state index contributed by atoms with van der Waals surface area (Å²) in [5, 5.41) is 0. The first kappa shape index (κ1) is 13.1. The van der Waals surface area contributed by atoms with Gasteiger partial charge >= 0.3 is 0 Å². The number of halogens is 2. The Morgan fingerprint density at radius 3 is 2.52 bits per heavy atom. The SMILES string of the molecule is Brc1cc(Br)c2c(c1)N=C1C3C[C@H]4CC(C[C@H](C3)C4)N1C2. The number of benzene rings is 1. The van der Waals surface area contributed by atoms with Crippen LogP contribution in [0.3, 0.4) is 0 Å². The van der Waals surface area contributed by atoms with Gasteiger partial charge in [0.2, 0.25) is 0 Å². The maximum Gasteiger partial charge on any atom is 0.108 e. The standard InChI is InChI=1S/C17H18Br2N2/c18-12-6-15(19)14-8-21-13-4-9-1-10(5-13)3-11(2-9)17(21)20-16(14)7-12/h6-7,9-11,13H,1-5,8H2/t9-,10-,11?,13?/m0/s1. The summed E-state index contributed by atoms with van der Waals surface area (Å²) in [6.07, 6.45) is 7.04. The van der Waals surface area contributed by atoms with Gasteiger partial charge in [0.25, 0.3) is 0 Å². The number of fused-ring (bicyclic) bond motifs is 1. The van der Waals surface area contributed by atoms with Crippen LogP contribution < -0.4 is 0 Å². The molecule has 4 fully saturated rings. The van der Waals surface area contributed by atoms with Crippen molar-refractivity contribution in [2.24, 2.45) is 22.7 Å². The number of rotatable bonds is 0. The number of hydrogen-bond donors (Lipinski definition) is 0. The summed E-state index contributed by atoms with van der Waals surface area (Å²) in [4.78, 5) is 7.79. The van der Waals surface area contributed by atoms with Crippen LogP contribution in [0, 0.1) is 17.8 Å². The lowest BCUT2D eigenvalue weighted by molar-refractivity contribution is 0.128. The van der Waals surface area contributed by atoms with Gasteiger partial charge in [-0.3, -0.25) is 0 Å². The lowest BCUT2D eigenvalue weighted by atomic mass is 9.68. The van der Waals surface area contributed by atoms with Gasteiger partial charge in [-0.25, -0.2) is 4.99 Å². The first-order valence-electron chi connectivity index (χ1n) is 8.00. The van der Waals surface area contributed by atoms with E-state index in [1.54, 1.807) is 0 Å². The molecule has 0 amide bonds. The molecule has 21 heavy (non-hydrogen) atoms. The quantitative estimate of drug-likeness (QED) is 0.570. The minimum absolute atomic E-state index is 0.715. The maximum atomic E-state index is 5.13. The fourth-order valence-corrected chi connectivity index (χ4v) is 6.54. The first-order chi connectivity index (χ1) is 10.2. The van der Waals surface area contributed by atoms with Crippen LogP contribution in [0.5, 0.6) is 0 Å². The Balaban J connectivity index is 1.66. The molecule has 2 saturated carbocycles. The van der Waals surface area contributed by atoms with E-state index in [1.807, 2.05) is 0 Å². The van der Waals surface area contributed by atoms with E-state index in [2.05, 4.69) is 48.9 Å². The van der Waals surface area contributed by atoms with Crippen LogP contribution in [-0.4, -0.2) is 16.8 Å². The second kappa shape index (κ2) is 4.58. The smallest absolute Gasteiger partial charge is 0.108 e. The van der Waals surface area contributed by atoms with Crippen molar-refractivity contribution in [1.82, 2.24) is 4.90 Å². The summed E-state index contributed by atoms with van der Waals surface area (Å²) in [6.45, 7) is 1.04. The van der Waals surface area contributed by atoms with Gasteiger partial charge in [-0.05, 0) is 56.1 Å². The Labute approximate surface area is 142 Å². The molecule has 0 aromatic heterocycles. The highest BCUT2D eigenvalue weighted by molar-refractivity contribution is 9.11. The van der Waals surface area contributed by atoms with Gasteiger partial charge in [0.15, 0.2) is 0 Å². The molecule has 5 aliphatic rings. The highest BCUT2D eigenvalue weighted by Gasteiger charge is 2.46. The predicted molar refractivity (Wildman–Crippen MR) is 91.8 cm³/mol. The number of hydrogen-bond acceptors (Lipinski definition) is 2. The summed E-state index contributed by atoms with van der Waals surface area (Å²) in [5.74, 6) is 4.03. The normalized spacial score (nSPS) is 36.1. The van der Waals surface area contributed by atoms with Crippen molar-refractivity contribution in [3.05, 3.63) is 26.6 Å². The summed E-state index contributed by atoms with van der Waals surface area (Å²) in [5.41, 5.74) is 2.53. The second-order valence-electron chi connectivity index (χ2n) is 7.24. The minimum Gasteiger partial charge on any atom is -0.352 e. The van der Waals surface area contributed by atoms with E-state index in [0.29, 0.717) is 5.92 Å². The summed E-state index contributed by atoms with van der Waals surface area (Å²) < 4.78 is 2.31. The molecule has 0 radical (unpaired) electrons. The third kappa shape index (κ3) is 1.98. The van der Waals surface area contributed by atoms with Crippen LogP contribution in [-0.2, 0) is 6.54 Å². The minimum atomic E-state index is 0.715. The Bertz CT molecular complexity index is 640. The Hall–Kier alpha value is -0.350. The fraction of sp³-hybridized carbons (Fsp3) is 0.588. The van der Waals surface area contributed by atoms with Crippen molar-refractivity contribution in [1.29, 1.82) is 0 Å². The molecule has 0 spiro atoms. The van der Waals surface area contributed by atoms with Gasteiger partial charge < -0.3 is 4.90 Å². The number of amidine groups is 1. The molecule has 2 nitrogen and oxygen atoms in total. The number of nitrogens with zero attached hydrogens (tertiary/aromatic N) is 2. The predicted octanol–water partition coefficient (Wildman–Crippen LogP) is 5.27. The van der Waals surface area contributed by atoms with Crippen LogP contribution in [0.2, 0.25) is 0 Å². The average Bonchev–Trinajstić information content (AvgIpc) is 2.59. The van der Waals surface area contributed by atoms with E-state index < -0.39 is 0 Å². The third-order valence-electron chi connectivity index (χ3n) is 5.91. The van der Waals surface area contributed by atoms with Crippen molar-refractivity contribution in [3.8, 4) is 0 Å². The van der Waals surface area contributed by atoms with E-state index in [4.69, 9.17) is 4.99 Å². The van der Waals surface area contributed by atoms with Crippen LogP contribution >= 0.6 is 31.9 Å². The molecular weight excluding hydrogens is 392 g/mol. The van der Waals surface area contributed by atoms with Crippen molar-refractivity contribution in [2.75, 3.05) is 0 Å². The molecule has 2 saturated heterocycles. The highest BCUT2D eigenvalue weighted by atomic mass is 79.9. The molecular formula is C17H18Br2N2. The third-order valence-corrected chi connectivity index (χ3v) is 7.08. The second-order valence-corrected chi connectivity index (χ2v) is 9.01. The molecule has 110 valence electrons. The molecule has 0 unspecified atom stereocenters. The van der Waals surface area contributed by atoms with Gasteiger partial charge in [0, 0.05) is 33.0 Å². The van der Waals surface area contributed by atoms with E-state index in [-0.39, 0.29) is 0 Å². The van der Waals surface area contributed by atoms with Gasteiger partial charge in [0.1, 0.15) is 5.84 Å². The molecule has 1 aromatic carbocycles. The van der Waals surface area contributed by atoms with Crippen molar-refractivity contribution < 1.29 is 0 Å². The largest absolute Gasteiger partial charge is 0.352 e. The van der Waals surface area contributed by atoms with Crippen molar-refractivity contribution in [3.63, 3.8) is 0 Å². The Kier molecular flexibility index (Phi) is 2.86. The molecule has 2 aliphatic carbocycles. The topological polar surface area (TPSA) is 15.6 Å². The monoisotopic (exact) mass is 408 g/mol. The molecule has 4 bridgehead atoms. The van der Waals surface area contributed by atoms with E-state index >= 15 is 0 Å². The van der Waals surface area contributed by atoms with Gasteiger partial charge in [-0.2, -0.15) is 0 Å². The van der Waals surface area contributed by atoms with E-state index in [0.717, 1.165) is 28.9 Å². The maximum absolute atomic E-state index is 5.13. The van der Waals surface area contributed by atoms with Gasteiger partial charge in [-0.1, -0.05) is 31.9 Å². The fourth-order valence-electron chi connectivity index (χ4n) is 5.21. The molecule has 2 atom stereocenters. The van der Waals surface area contributed by atoms with Crippen molar-refractivity contribution >= 4 is 43.4 Å². The zero-order valence-corrected chi connectivity index (χ0v) is 15.0. The molecule has 4 heteroatoms. The van der Waals surface area contributed by atoms with Crippen LogP contribution in [0.4, 0.5) is 5.69 Å². The summed E-state index contributed by atoms with van der Waals surface area (Å²) in [6, 6.07) is 5.07. The van der Waals surface area contributed by atoms with Crippen LogP contribution in [0.25, 0.3) is 0 Å². The zero-order chi connectivity index (χ0) is 14.1. The van der Waals surface area contributed by atoms with Gasteiger partial charge in [0.05, 0.1) is 5.69 Å². The highest BCUT2D eigenvalue weighted by Crippen LogP contribution is 2.51. The summed E-state index contributed by atoms with van der Waals surface area (Å²) >= 11 is 7.34. The lowest BCUT2D eigenvalue weighted by Crippen LogP contribution is -2.42.